The molecule has 38 heavy (non-hydrogen) atoms. The molecule has 7 rings (SSSR count). The number of nitrogens with two attached hydrogens (primary N) is 1. The molecular formula is C25H30FN7O4S. The maximum atomic E-state index is 14.2. The van der Waals surface area contributed by atoms with Gasteiger partial charge in [0, 0.05) is 36.3 Å². The van der Waals surface area contributed by atoms with Crippen LogP contribution in [0, 0.1) is 11.3 Å². The number of rotatable bonds is 6. The van der Waals surface area contributed by atoms with E-state index in [1.165, 1.54) is 16.2 Å². The molecule has 0 aromatic carbocycles. The quantitative estimate of drug-likeness (QED) is 0.542. The van der Waals surface area contributed by atoms with Crippen LogP contribution < -0.4 is 20.1 Å². The molecule has 4 atom stereocenters. The van der Waals surface area contributed by atoms with Crippen LogP contribution in [0.3, 0.4) is 0 Å². The second kappa shape index (κ2) is 8.87. The number of thiophene rings is 1. The predicted molar refractivity (Wildman–Crippen MR) is 135 cm³/mol. The first-order valence-corrected chi connectivity index (χ1v) is 14.0. The maximum Gasteiger partial charge on any atom is 0.324 e. The zero-order valence-corrected chi connectivity index (χ0v) is 21.8. The van der Waals surface area contributed by atoms with Gasteiger partial charge in [-0.05, 0) is 37.8 Å². The van der Waals surface area contributed by atoms with Gasteiger partial charge >= 0.3 is 12.0 Å². The molecule has 6 heterocycles. The SMILES string of the molecule is N#Cc1c(N)sc2c1C1(CC2)CN(c2nc(OC[C@@]34CCCN3C[C@H](F)C4)nc(O[C@@H]3COC[C@@H]3O)n2)C1. The van der Waals surface area contributed by atoms with Crippen molar-refractivity contribution in [2.24, 2.45) is 0 Å². The van der Waals surface area contributed by atoms with E-state index in [4.69, 9.17) is 19.9 Å². The van der Waals surface area contributed by atoms with E-state index in [0.29, 0.717) is 49.2 Å². The number of hydrogen-bond donors (Lipinski definition) is 2. The van der Waals surface area contributed by atoms with Gasteiger partial charge in [0.05, 0.1) is 24.3 Å². The Morgan fingerprint density at radius 3 is 2.87 bits per heavy atom. The molecule has 4 fully saturated rings. The minimum Gasteiger partial charge on any atom is -0.461 e. The molecule has 1 aliphatic carbocycles. The van der Waals surface area contributed by atoms with E-state index < -0.39 is 18.4 Å². The highest BCUT2D eigenvalue weighted by molar-refractivity contribution is 7.16. The number of nitriles is 1. The molecular weight excluding hydrogens is 513 g/mol. The van der Waals surface area contributed by atoms with Crippen LogP contribution in [0.2, 0.25) is 0 Å². The molecule has 13 heteroatoms. The smallest absolute Gasteiger partial charge is 0.324 e. The van der Waals surface area contributed by atoms with E-state index in [1.54, 1.807) is 0 Å². The molecule has 11 nitrogen and oxygen atoms in total. The number of nitrogen functional groups attached to an aromatic ring is 1. The van der Waals surface area contributed by atoms with Gasteiger partial charge < -0.3 is 30.0 Å². The number of aliphatic hydroxyl groups excluding tert-OH is 1. The second-order valence-corrected chi connectivity index (χ2v) is 12.4. The first-order valence-electron chi connectivity index (χ1n) is 13.2. The lowest BCUT2D eigenvalue weighted by Gasteiger charge is -2.48. The van der Waals surface area contributed by atoms with Gasteiger partial charge in [-0.15, -0.1) is 16.3 Å². The van der Waals surface area contributed by atoms with Crippen LogP contribution in [0.1, 0.15) is 41.7 Å². The summed E-state index contributed by atoms with van der Waals surface area (Å²) in [6.07, 6.45) is 1.98. The first kappa shape index (κ1) is 24.3. The first-order chi connectivity index (χ1) is 18.4. The van der Waals surface area contributed by atoms with E-state index in [-0.39, 0.29) is 36.2 Å². The summed E-state index contributed by atoms with van der Waals surface area (Å²) in [5.41, 5.74) is 7.32. The zero-order chi connectivity index (χ0) is 26.1. The fourth-order valence-corrected chi connectivity index (χ4v) is 8.11. The molecule has 0 bridgehead atoms. The summed E-state index contributed by atoms with van der Waals surface area (Å²) in [4.78, 5) is 18.9. The third kappa shape index (κ3) is 3.80. The van der Waals surface area contributed by atoms with Gasteiger partial charge in [0.1, 0.15) is 30.0 Å². The van der Waals surface area contributed by atoms with Crippen molar-refractivity contribution < 1.29 is 23.7 Å². The molecule has 1 spiro atoms. The Hall–Kier alpha value is -2.79. The molecule has 0 unspecified atom stereocenters. The average Bonchev–Trinajstić information content (AvgIpc) is 3.65. The normalized spacial score (nSPS) is 31.3. The molecule has 2 aromatic heterocycles. The van der Waals surface area contributed by atoms with Crippen molar-refractivity contribution in [2.45, 2.75) is 61.4 Å². The van der Waals surface area contributed by atoms with Crippen LogP contribution >= 0.6 is 11.3 Å². The van der Waals surface area contributed by atoms with Crippen LogP contribution in [0.4, 0.5) is 15.3 Å². The number of nitrogens with zero attached hydrogens (tertiary/aromatic N) is 6. The van der Waals surface area contributed by atoms with Gasteiger partial charge in [0.25, 0.3) is 0 Å². The lowest BCUT2D eigenvalue weighted by atomic mass is 9.74. The minimum atomic E-state index is -0.853. The molecule has 202 valence electrons. The highest BCUT2D eigenvalue weighted by atomic mass is 32.1. The van der Waals surface area contributed by atoms with E-state index >= 15 is 0 Å². The molecule has 0 radical (unpaired) electrons. The minimum absolute atomic E-state index is 0.0562. The Bertz CT molecular complexity index is 1300. The number of hydrogen-bond acceptors (Lipinski definition) is 12. The average molecular weight is 544 g/mol. The largest absolute Gasteiger partial charge is 0.461 e. The molecule has 4 saturated heterocycles. The molecule has 0 amide bonds. The third-order valence-corrected chi connectivity index (χ3v) is 9.90. The summed E-state index contributed by atoms with van der Waals surface area (Å²) in [6.45, 7) is 3.31. The number of aryl methyl sites for hydroxylation is 1. The van der Waals surface area contributed by atoms with Gasteiger partial charge in [-0.25, -0.2) is 4.39 Å². The van der Waals surface area contributed by atoms with Gasteiger partial charge in [0.15, 0.2) is 6.10 Å². The summed E-state index contributed by atoms with van der Waals surface area (Å²) < 4.78 is 31.6. The second-order valence-electron chi connectivity index (χ2n) is 11.2. The van der Waals surface area contributed by atoms with Gasteiger partial charge in [-0.1, -0.05) is 0 Å². The Balaban J connectivity index is 1.14. The molecule has 3 N–H and O–H groups in total. The number of halogens is 1. The molecule has 4 aliphatic heterocycles. The highest BCUT2D eigenvalue weighted by Crippen LogP contribution is 2.52. The van der Waals surface area contributed by atoms with E-state index in [2.05, 4.69) is 25.9 Å². The third-order valence-electron chi connectivity index (χ3n) is 8.82. The topological polar surface area (TPSA) is 143 Å². The van der Waals surface area contributed by atoms with Crippen molar-refractivity contribution >= 4 is 22.3 Å². The van der Waals surface area contributed by atoms with Crippen molar-refractivity contribution in [1.29, 1.82) is 5.26 Å². The Morgan fingerprint density at radius 1 is 1.24 bits per heavy atom. The van der Waals surface area contributed by atoms with Crippen LogP contribution in [-0.4, -0.2) is 94.9 Å². The molecule has 2 aromatic rings. The van der Waals surface area contributed by atoms with Gasteiger partial charge in [0.2, 0.25) is 5.95 Å². The number of ether oxygens (including phenoxy) is 3. The Morgan fingerprint density at radius 2 is 2.08 bits per heavy atom. The van der Waals surface area contributed by atoms with Crippen molar-refractivity contribution in [3.63, 3.8) is 0 Å². The zero-order valence-electron chi connectivity index (χ0n) is 20.9. The lowest BCUT2D eigenvalue weighted by molar-refractivity contribution is 0.0648. The monoisotopic (exact) mass is 543 g/mol. The van der Waals surface area contributed by atoms with E-state index in [9.17, 15) is 14.8 Å². The van der Waals surface area contributed by atoms with Crippen molar-refractivity contribution in [1.82, 2.24) is 19.9 Å². The predicted octanol–water partition coefficient (Wildman–Crippen LogP) is 1.18. The summed E-state index contributed by atoms with van der Waals surface area (Å²) >= 11 is 1.51. The fraction of sp³-hybridized carbons (Fsp3) is 0.680. The standard InChI is InChI=1S/C25H30FN7O4S/c26-14-6-25(3-1-5-33(25)8-14)13-36-22-29-21(30-23(31-22)37-17-10-35-9-16(17)34)32-11-24(12-32)4-2-18-19(24)15(7-27)20(28)38-18/h14,16-17,34H,1-6,8-13,28H2/t14-,16+,17-,25+/m1/s1. The number of fused-ring (bicyclic) bond motifs is 3. The van der Waals surface area contributed by atoms with Crippen molar-refractivity contribution in [2.75, 3.05) is 56.6 Å². The van der Waals surface area contributed by atoms with Gasteiger partial charge in [-0.3, -0.25) is 4.90 Å². The summed E-state index contributed by atoms with van der Waals surface area (Å²) in [7, 11) is 0. The summed E-state index contributed by atoms with van der Waals surface area (Å²) in [5, 5.41) is 20.5. The van der Waals surface area contributed by atoms with E-state index in [1.807, 2.05) is 4.90 Å². The van der Waals surface area contributed by atoms with Crippen molar-refractivity contribution in [3.8, 4) is 18.1 Å². The summed E-state index contributed by atoms with van der Waals surface area (Å²) in [5.74, 6) is 0.412. The number of aromatic nitrogens is 3. The number of alkyl halides is 1. The summed E-state index contributed by atoms with van der Waals surface area (Å²) in [6, 6.07) is 2.47. The fourth-order valence-electron chi connectivity index (χ4n) is 6.97. The van der Waals surface area contributed by atoms with E-state index in [0.717, 1.165) is 37.8 Å². The Labute approximate surface area is 223 Å². The van der Waals surface area contributed by atoms with Crippen LogP contribution in [0.15, 0.2) is 0 Å². The maximum absolute atomic E-state index is 14.2. The van der Waals surface area contributed by atoms with Crippen LogP contribution in [0.5, 0.6) is 12.0 Å². The highest BCUT2D eigenvalue weighted by Gasteiger charge is 2.52. The van der Waals surface area contributed by atoms with Crippen LogP contribution in [0.25, 0.3) is 0 Å². The molecule has 0 saturated carbocycles. The van der Waals surface area contributed by atoms with Gasteiger partial charge in [-0.2, -0.15) is 15.2 Å². The number of anilines is 2. The van der Waals surface area contributed by atoms with Crippen LogP contribution in [-0.2, 0) is 16.6 Å². The van der Waals surface area contributed by atoms with Crippen molar-refractivity contribution in [3.05, 3.63) is 16.0 Å². The Kier molecular flexibility index (Phi) is 5.67. The molecule has 5 aliphatic rings. The number of aliphatic hydroxyl groups is 1. The lowest BCUT2D eigenvalue weighted by Crippen LogP contribution is -2.59.